The molecule has 2 aromatic rings. The lowest BCUT2D eigenvalue weighted by molar-refractivity contribution is -0.199. The second-order valence-corrected chi connectivity index (χ2v) is 13.8. The number of fused-ring (bicyclic) bond motifs is 3. The van der Waals surface area contributed by atoms with Crippen LogP contribution >= 0.6 is 0 Å². The average Bonchev–Trinajstić information content (AvgIpc) is 3.45. The van der Waals surface area contributed by atoms with Crippen molar-refractivity contribution in [1.82, 2.24) is 10.6 Å². The second-order valence-electron chi connectivity index (χ2n) is 13.8. The van der Waals surface area contributed by atoms with Gasteiger partial charge in [-0.1, -0.05) is 76.2 Å². The lowest BCUT2D eigenvalue weighted by Gasteiger charge is -2.64. The van der Waals surface area contributed by atoms with Crippen LogP contribution in [-0.4, -0.2) is 49.4 Å². The highest BCUT2D eigenvalue weighted by Crippen LogP contribution is 2.65. The Morgan fingerprint density at radius 2 is 1.61 bits per heavy atom. The van der Waals surface area contributed by atoms with Crippen molar-refractivity contribution < 1.29 is 23.6 Å². The third kappa shape index (κ3) is 4.87. The smallest absolute Gasteiger partial charge is 0.449 e. The first kappa shape index (κ1) is 28.3. The number of rotatable bonds is 8. The number of ether oxygens (including phenoxy) is 1. The summed E-state index contributed by atoms with van der Waals surface area (Å²) in [4.78, 5) is 26.1. The molecule has 2 aromatic carbocycles. The second kappa shape index (κ2) is 10.5. The number of hydrogen-bond donors (Lipinski definition) is 2. The molecule has 7 rings (SSSR count). The van der Waals surface area contributed by atoms with Crippen LogP contribution in [0.25, 0.3) is 11.1 Å². The fraction of sp³-hybridized carbons (Fsp3) is 0.576. The molecule has 2 amide bonds. The minimum atomic E-state index is -0.772. The van der Waals surface area contributed by atoms with Gasteiger partial charge >= 0.3 is 13.2 Å². The van der Waals surface area contributed by atoms with E-state index in [1.54, 1.807) is 6.92 Å². The van der Waals surface area contributed by atoms with Gasteiger partial charge in [-0.2, -0.15) is 0 Å². The Hall–Kier alpha value is -2.84. The van der Waals surface area contributed by atoms with E-state index in [0.717, 1.165) is 17.5 Å². The topological polar surface area (TPSA) is 85.9 Å². The van der Waals surface area contributed by atoms with Gasteiger partial charge in [0.1, 0.15) is 12.6 Å². The number of hydrogen-bond acceptors (Lipinski definition) is 5. The van der Waals surface area contributed by atoms with E-state index in [2.05, 4.69) is 69.5 Å². The molecule has 5 aliphatic rings. The summed E-state index contributed by atoms with van der Waals surface area (Å²) in [5.74, 6) is 0.822. The maximum Gasteiger partial charge on any atom is 0.481 e. The maximum atomic E-state index is 13.3. The van der Waals surface area contributed by atoms with Crippen molar-refractivity contribution >= 4 is 19.1 Å². The van der Waals surface area contributed by atoms with Crippen LogP contribution in [0.5, 0.6) is 0 Å². The molecule has 4 aliphatic carbocycles. The summed E-state index contributed by atoms with van der Waals surface area (Å²) in [5, 5.41) is 5.86. The first-order valence-corrected chi connectivity index (χ1v) is 15.2. The van der Waals surface area contributed by atoms with Crippen LogP contribution in [0.1, 0.15) is 77.8 Å². The fourth-order valence-electron chi connectivity index (χ4n) is 8.01. The summed E-state index contributed by atoms with van der Waals surface area (Å²) in [7, 11) is -0.506. The Bertz CT molecular complexity index is 1280. The lowest BCUT2D eigenvalue weighted by atomic mass is 9.43. The zero-order valence-corrected chi connectivity index (χ0v) is 25.1. The highest BCUT2D eigenvalue weighted by Gasteiger charge is 2.68. The van der Waals surface area contributed by atoms with E-state index in [1.165, 1.54) is 17.5 Å². The molecule has 0 unspecified atom stereocenters. The number of nitrogens with one attached hydrogen (secondary N) is 2. The molecular formula is C33H43BN2O5. The van der Waals surface area contributed by atoms with Crippen LogP contribution in [-0.2, 0) is 18.8 Å². The van der Waals surface area contributed by atoms with E-state index in [0.29, 0.717) is 24.2 Å². The van der Waals surface area contributed by atoms with E-state index in [-0.39, 0.29) is 41.5 Å². The van der Waals surface area contributed by atoms with Crippen LogP contribution in [0.15, 0.2) is 48.5 Å². The van der Waals surface area contributed by atoms with E-state index < -0.39 is 19.3 Å². The van der Waals surface area contributed by atoms with Gasteiger partial charge in [-0.3, -0.25) is 4.79 Å². The predicted molar refractivity (Wildman–Crippen MR) is 159 cm³/mol. The van der Waals surface area contributed by atoms with Crippen molar-refractivity contribution in [2.24, 2.45) is 23.2 Å². The van der Waals surface area contributed by atoms with Gasteiger partial charge in [0.15, 0.2) is 0 Å². The highest BCUT2D eigenvalue weighted by molar-refractivity contribution is 6.47. The van der Waals surface area contributed by atoms with Gasteiger partial charge in [-0.25, -0.2) is 4.79 Å². The molecule has 3 saturated carbocycles. The Morgan fingerprint density at radius 3 is 2.22 bits per heavy atom. The van der Waals surface area contributed by atoms with Crippen LogP contribution in [0, 0.1) is 23.2 Å². The predicted octanol–water partition coefficient (Wildman–Crippen LogP) is 5.71. The molecular weight excluding hydrogens is 515 g/mol. The Morgan fingerprint density at radius 1 is 0.976 bits per heavy atom. The Labute approximate surface area is 244 Å². The molecule has 0 aromatic heterocycles. The summed E-state index contributed by atoms with van der Waals surface area (Å²) >= 11 is 0. The van der Waals surface area contributed by atoms with E-state index in [1.807, 2.05) is 24.3 Å². The zero-order valence-electron chi connectivity index (χ0n) is 25.1. The summed E-state index contributed by atoms with van der Waals surface area (Å²) in [6.45, 7) is 13.0. The van der Waals surface area contributed by atoms with E-state index in [4.69, 9.17) is 14.0 Å². The van der Waals surface area contributed by atoms with Gasteiger partial charge in [0.05, 0.1) is 17.6 Å². The normalized spacial score (nSPS) is 28.7. The van der Waals surface area contributed by atoms with Crippen molar-refractivity contribution in [2.75, 3.05) is 6.61 Å². The minimum absolute atomic E-state index is 0.0368. The largest absolute Gasteiger partial charge is 0.481 e. The van der Waals surface area contributed by atoms with Gasteiger partial charge in [0.2, 0.25) is 5.91 Å². The van der Waals surface area contributed by atoms with Gasteiger partial charge in [-0.05, 0) is 78.5 Å². The molecule has 218 valence electrons. The average molecular weight is 559 g/mol. The first-order chi connectivity index (χ1) is 19.5. The SMILES string of the molecule is CC(C)C[C@H](NC(=O)[C@H](C)NC(=O)OCC1c2ccccc2-c2ccccc21)B1O[C@@H]2C[C@@H]3C[C@@H](C3(C)C)[C@]2(C)O1. The summed E-state index contributed by atoms with van der Waals surface area (Å²) in [5.41, 5.74) is 4.56. The molecule has 2 N–H and O–H groups in total. The zero-order chi connectivity index (χ0) is 29.1. The molecule has 1 aliphatic heterocycles. The molecule has 1 heterocycles. The number of amides is 2. The van der Waals surface area contributed by atoms with Gasteiger partial charge < -0.3 is 24.7 Å². The van der Waals surface area contributed by atoms with Crippen molar-refractivity contribution in [1.29, 1.82) is 0 Å². The summed E-state index contributed by atoms with van der Waals surface area (Å²) in [6, 6.07) is 15.7. The first-order valence-electron chi connectivity index (χ1n) is 15.2. The van der Waals surface area contributed by atoms with Crippen LogP contribution < -0.4 is 10.6 Å². The van der Waals surface area contributed by atoms with Crippen LogP contribution in [0.3, 0.4) is 0 Å². The van der Waals surface area contributed by atoms with Crippen molar-refractivity contribution in [3.05, 3.63) is 59.7 Å². The standard InChI is InChI=1S/C33H43BN2O5/c1-19(2)15-29(34-40-28-17-21-16-27(32(21,4)5)33(28,6)41-34)36-30(37)20(3)35-31(38)39-18-26-24-13-9-7-11-22(24)23-12-8-10-14-25(23)26/h7-14,19-21,26-29H,15-18H2,1-6H3,(H,35,38)(H,36,37)/t20-,21-,27-,28+,29-,33-/m0/s1. The van der Waals surface area contributed by atoms with Crippen LogP contribution in [0.4, 0.5) is 4.79 Å². The monoisotopic (exact) mass is 558 g/mol. The van der Waals surface area contributed by atoms with Gasteiger partial charge in [0, 0.05) is 5.92 Å². The maximum absolute atomic E-state index is 13.3. The summed E-state index contributed by atoms with van der Waals surface area (Å²) in [6.07, 6.45) is 2.33. The quantitative estimate of drug-likeness (QED) is 0.406. The highest BCUT2D eigenvalue weighted by atomic mass is 16.7. The molecule has 41 heavy (non-hydrogen) atoms. The van der Waals surface area contributed by atoms with Crippen LogP contribution in [0.2, 0.25) is 0 Å². The summed E-state index contributed by atoms with van der Waals surface area (Å²) < 4.78 is 18.8. The van der Waals surface area contributed by atoms with Crippen molar-refractivity contribution in [3.8, 4) is 11.1 Å². The molecule has 0 radical (unpaired) electrons. The van der Waals surface area contributed by atoms with Gasteiger partial charge in [0.25, 0.3) is 0 Å². The van der Waals surface area contributed by atoms with E-state index in [9.17, 15) is 9.59 Å². The number of carbonyl (C=O) groups is 2. The molecule has 2 bridgehead atoms. The van der Waals surface area contributed by atoms with Crippen molar-refractivity contribution in [3.63, 3.8) is 0 Å². The lowest BCUT2D eigenvalue weighted by Crippen LogP contribution is -2.65. The Balaban J connectivity index is 1.06. The number of carbonyl (C=O) groups excluding carboxylic acids is 2. The molecule has 0 spiro atoms. The molecule has 1 saturated heterocycles. The molecule has 7 nitrogen and oxygen atoms in total. The Kier molecular flexibility index (Phi) is 7.22. The number of alkyl carbamates (subject to hydrolysis) is 1. The molecule has 8 heteroatoms. The molecule has 6 atom stereocenters. The van der Waals surface area contributed by atoms with E-state index >= 15 is 0 Å². The van der Waals surface area contributed by atoms with Crippen molar-refractivity contribution in [2.45, 2.75) is 90.4 Å². The third-order valence-electron chi connectivity index (χ3n) is 10.4. The molecule has 4 fully saturated rings. The number of benzene rings is 2. The fourth-order valence-corrected chi connectivity index (χ4v) is 8.01. The minimum Gasteiger partial charge on any atom is -0.449 e. The third-order valence-corrected chi connectivity index (χ3v) is 10.4. The van der Waals surface area contributed by atoms with Gasteiger partial charge in [-0.15, -0.1) is 0 Å².